The first-order valence-corrected chi connectivity index (χ1v) is 8.64. The Balaban J connectivity index is 2.13. The maximum atomic E-state index is 12.1. The van der Waals surface area contributed by atoms with Crippen molar-refractivity contribution in [2.45, 2.75) is 45.3 Å². The molecule has 1 atom stereocenters. The number of fused-ring (bicyclic) bond motifs is 1. The van der Waals surface area contributed by atoms with E-state index in [9.17, 15) is 9.59 Å². The third-order valence-corrected chi connectivity index (χ3v) is 5.35. The minimum Gasteiger partial charge on any atom is -0.353 e. The van der Waals surface area contributed by atoms with Crippen LogP contribution in [0.4, 0.5) is 0 Å². The molecule has 0 aliphatic heterocycles. The molecule has 0 saturated heterocycles. The van der Waals surface area contributed by atoms with Gasteiger partial charge in [-0.1, -0.05) is 18.7 Å². The fraction of sp³-hybridized carbons (Fsp3) is 0.500. The number of nitrogens with zero attached hydrogens (tertiary/aromatic N) is 1. The van der Waals surface area contributed by atoms with Crippen LogP contribution in [0.15, 0.2) is 9.95 Å². The van der Waals surface area contributed by atoms with Crippen LogP contribution in [-0.2, 0) is 4.79 Å². The highest BCUT2D eigenvalue weighted by atomic mass is 32.2. The lowest BCUT2D eigenvalue weighted by Gasteiger charge is -2.10. The topological polar surface area (TPSA) is 74.8 Å². The summed E-state index contributed by atoms with van der Waals surface area (Å²) in [6, 6.07) is 0.162. The summed E-state index contributed by atoms with van der Waals surface area (Å²) in [5.41, 5.74) is 0.849. The number of rotatable bonds is 5. The Morgan fingerprint density at radius 3 is 2.86 bits per heavy atom. The summed E-state index contributed by atoms with van der Waals surface area (Å²) in [4.78, 5) is 32.9. The lowest BCUT2D eigenvalue weighted by atomic mass is 10.2. The second kappa shape index (κ2) is 6.62. The molecule has 0 saturated carbocycles. The Hall–Kier alpha value is -1.34. The second-order valence-electron chi connectivity index (χ2n) is 5.00. The number of aryl methyl sites for hydroxylation is 2. The van der Waals surface area contributed by atoms with E-state index in [0.29, 0.717) is 10.5 Å². The minimum absolute atomic E-state index is 0.0457. The van der Waals surface area contributed by atoms with Gasteiger partial charge in [-0.25, -0.2) is 4.98 Å². The second-order valence-corrected chi connectivity index (χ2v) is 7.17. The van der Waals surface area contributed by atoms with E-state index in [4.69, 9.17) is 0 Å². The number of aromatic amines is 1. The van der Waals surface area contributed by atoms with E-state index in [0.717, 1.165) is 21.7 Å². The van der Waals surface area contributed by atoms with Crippen molar-refractivity contribution in [3.63, 3.8) is 0 Å². The van der Waals surface area contributed by atoms with Gasteiger partial charge in [0.1, 0.15) is 4.83 Å². The molecule has 7 heteroatoms. The standard InChI is InChI=1S/C14H19N3O2S2/c1-5-7(2)15-10(18)6-20-14-16-12(19)11-8(3)9(4)21-13(11)17-14/h7H,5-6H2,1-4H3,(H,15,18)(H,16,17,19)/t7-/m0/s1. The lowest BCUT2D eigenvalue weighted by Crippen LogP contribution is -2.33. The van der Waals surface area contributed by atoms with Gasteiger partial charge in [-0.05, 0) is 32.8 Å². The van der Waals surface area contributed by atoms with Crippen LogP contribution in [0.5, 0.6) is 0 Å². The van der Waals surface area contributed by atoms with E-state index in [1.165, 1.54) is 23.1 Å². The molecule has 0 aliphatic carbocycles. The first-order chi connectivity index (χ1) is 9.92. The fourth-order valence-electron chi connectivity index (χ4n) is 1.86. The van der Waals surface area contributed by atoms with Gasteiger partial charge in [-0.15, -0.1) is 11.3 Å². The molecule has 0 fully saturated rings. The summed E-state index contributed by atoms with van der Waals surface area (Å²) in [6.45, 7) is 7.89. The predicted octanol–water partition coefficient (Wildman–Crippen LogP) is 2.61. The maximum absolute atomic E-state index is 12.1. The van der Waals surface area contributed by atoms with Crippen molar-refractivity contribution in [1.82, 2.24) is 15.3 Å². The summed E-state index contributed by atoms with van der Waals surface area (Å²) >= 11 is 2.76. The van der Waals surface area contributed by atoms with Crippen molar-refractivity contribution >= 4 is 39.2 Å². The Bertz CT molecular complexity index is 721. The van der Waals surface area contributed by atoms with Crippen molar-refractivity contribution in [1.29, 1.82) is 0 Å². The molecule has 2 rings (SSSR count). The molecule has 0 aliphatic rings. The van der Waals surface area contributed by atoms with E-state index in [1.807, 2.05) is 27.7 Å². The zero-order valence-corrected chi connectivity index (χ0v) is 14.2. The number of aromatic nitrogens is 2. The molecule has 21 heavy (non-hydrogen) atoms. The average molecular weight is 325 g/mol. The monoisotopic (exact) mass is 325 g/mol. The van der Waals surface area contributed by atoms with Crippen LogP contribution in [-0.4, -0.2) is 27.7 Å². The molecule has 2 N–H and O–H groups in total. The average Bonchev–Trinajstić information content (AvgIpc) is 2.72. The van der Waals surface area contributed by atoms with Crippen LogP contribution in [0.25, 0.3) is 10.2 Å². The quantitative estimate of drug-likeness (QED) is 0.654. The maximum Gasteiger partial charge on any atom is 0.260 e. The number of amides is 1. The summed E-state index contributed by atoms with van der Waals surface area (Å²) in [5, 5.41) is 4.04. The Labute approximate surface area is 131 Å². The summed E-state index contributed by atoms with van der Waals surface area (Å²) in [6.07, 6.45) is 0.894. The van der Waals surface area contributed by atoms with Gasteiger partial charge in [0.25, 0.3) is 5.56 Å². The molecule has 0 unspecified atom stereocenters. The molecule has 0 spiro atoms. The third-order valence-electron chi connectivity index (χ3n) is 3.38. The van der Waals surface area contributed by atoms with Crippen molar-refractivity contribution in [2.75, 3.05) is 5.75 Å². The van der Waals surface area contributed by atoms with E-state index in [2.05, 4.69) is 15.3 Å². The van der Waals surface area contributed by atoms with Crippen LogP contribution in [0.1, 0.15) is 30.7 Å². The Morgan fingerprint density at radius 1 is 1.48 bits per heavy atom. The molecular weight excluding hydrogens is 306 g/mol. The highest BCUT2D eigenvalue weighted by molar-refractivity contribution is 7.99. The van der Waals surface area contributed by atoms with Gasteiger partial charge in [0.15, 0.2) is 5.16 Å². The molecule has 2 aromatic heterocycles. The van der Waals surface area contributed by atoms with Crippen molar-refractivity contribution in [3.05, 3.63) is 20.8 Å². The molecule has 2 heterocycles. The fourth-order valence-corrected chi connectivity index (χ4v) is 3.62. The van der Waals surface area contributed by atoms with Gasteiger partial charge in [-0.3, -0.25) is 9.59 Å². The van der Waals surface area contributed by atoms with E-state index >= 15 is 0 Å². The smallest absolute Gasteiger partial charge is 0.260 e. The zero-order valence-electron chi connectivity index (χ0n) is 12.6. The van der Waals surface area contributed by atoms with E-state index in [1.54, 1.807) is 0 Å². The number of thiophene rings is 1. The molecule has 5 nitrogen and oxygen atoms in total. The molecular formula is C14H19N3O2S2. The lowest BCUT2D eigenvalue weighted by molar-refractivity contribution is -0.119. The zero-order chi connectivity index (χ0) is 15.6. The van der Waals surface area contributed by atoms with Crippen LogP contribution >= 0.6 is 23.1 Å². The highest BCUT2D eigenvalue weighted by Gasteiger charge is 2.13. The largest absolute Gasteiger partial charge is 0.353 e. The summed E-state index contributed by atoms with van der Waals surface area (Å²) in [5.74, 6) is 0.206. The number of carbonyl (C=O) groups is 1. The summed E-state index contributed by atoms with van der Waals surface area (Å²) in [7, 11) is 0. The first-order valence-electron chi connectivity index (χ1n) is 6.84. The molecule has 0 bridgehead atoms. The highest BCUT2D eigenvalue weighted by Crippen LogP contribution is 2.27. The number of hydrogen-bond donors (Lipinski definition) is 2. The van der Waals surface area contributed by atoms with Crippen LogP contribution < -0.4 is 10.9 Å². The van der Waals surface area contributed by atoms with Gasteiger partial charge in [-0.2, -0.15) is 0 Å². The van der Waals surface area contributed by atoms with Gasteiger partial charge >= 0.3 is 0 Å². The minimum atomic E-state index is -0.133. The molecule has 1 amide bonds. The van der Waals surface area contributed by atoms with Crippen LogP contribution in [0.3, 0.4) is 0 Å². The molecule has 0 radical (unpaired) electrons. The number of nitrogens with one attached hydrogen (secondary N) is 2. The number of H-pyrrole nitrogens is 1. The SMILES string of the molecule is CC[C@H](C)NC(=O)CSc1nc2sc(C)c(C)c2c(=O)[nH]1. The molecule has 114 valence electrons. The molecule has 2 aromatic rings. The van der Waals surface area contributed by atoms with Gasteiger partial charge in [0.05, 0.1) is 11.1 Å². The van der Waals surface area contributed by atoms with Crippen LogP contribution in [0.2, 0.25) is 0 Å². The third kappa shape index (κ3) is 3.65. The van der Waals surface area contributed by atoms with Crippen molar-refractivity contribution in [2.24, 2.45) is 0 Å². The number of hydrogen-bond acceptors (Lipinski definition) is 5. The normalized spacial score (nSPS) is 12.6. The van der Waals surface area contributed by atoms with Crippen molar-refractivity contribution in [3.8, 4) is 0 Å². The Kier molecular flexibility index (Phi) is 5.05. The van der Waals surface area contributed by atoms with Gasteiger partial charge < -0.3 is 10.3 Å². The number of thioether (sulfide) groups is 1. The van der Waals surface area contributed by atoms with E-state index < -0.39 is 0 Å². The van der Waals surface area contributed by atoms with Crippen LogP contribution in [0, 0.1) is 13.8 Å². The van der Waals surface area contributed by atoms with Crippen molar-refractivity contribution < 1.29 is 4.79 Å². The first kappa shape index (κ1) is 16.0. The summed E-state index contributed by atoms with van der Waals surface area (Å²) < 4.78 is 0. The predicted molar refractivity (Wildman–Crippen MR) is 88.3 cm³/mol. The Morgan fingerprint density at radius 2 is 2.19 bits per heavy atom. The van der Waals surface area contributed by atoms with E-state index in [-0.39, 0.29) is 23.3 Å². The van der Waals surface area contributed by atoms with Gasteiger partial charge in [0.2, 0.25) is 5.91 Å². The van der Waals surface area contributed by atoms with Gasteiger partial charge in [0, 0.05) is 10.9 Å². The number of carbonyl (C=O) groups excluding carboxylic acids is 1. The molecule has 0 aromatic carbocycles.